The maximum absolute atomic E-state index is 13.4. The van der Waals surface area contributed by atoms with E-state index < -0.39 is 215 Å². The molecule has 54 heteroatoms. The molecule has 13 nitrogen and oxygen atoms in total. The van der Waals surface area contributed by atoms with Gasteiger partial charge in [-0.1, -0.05) is 39.5 Å². The van der Waals surface area contributed by atoms with Crippen molar-refractivity contribution in [1.29, 1.82) is 0 Å². The molecule has 618 valence electrons. The van der Waals surface area contributed by atoms with Crippen LogP contribution in [0.4, 0.5) is 180 Å². The summed E-state index contributed by atoms with van der Waals surface area (Å²) in [4.78, 5) is 63.1. The highest BCUT2D eigenvalue weighted by molar-refractivity contribution is 5.89. The van der Waals surface area contributed by atoms with Crippen molar-refractivity contribution in [2.24, 2.45) is 0 Å². The summed E-state index contributed by atoms with van der Waals surface area (Å²) >= 11 is 0. The molecular formula is C51H49F41O13. The maximum Gasteiger partial charge on any atom is 0.460 e. The molecule has 3 unspecified atom stereocenters. The van der Waals surface area contributed by atoms with Crippen LogP contribution in [0, 0.1) is 0 Å². The van der Waals surface area contributed by atoms with Crippen LogP contribution in [0.5, 0.6) is 0 Å². The molecule has 0 aliphatic carbocycles. The van der Waals surface area contributed by atoms with Gasteiger partial charge in [-0.15, -0.1) is 0 Å². The number of esters is 6. The SMILES string of the molecule is C=C(C)C(=O)OC(C(F)(F)F)C(F)(F)F.C=C(C)C(=O)OCC(F)(F)C(F)(F)C(F)(F)F.C=C(C)C(=O)OCC(F)(F)C(F)(F)F.C=C(C)C(=O)OCC(F)(F)C(F)C(F)(F)F.C=C(C)C(=O)OCC(F)(F)C(F)F.C=C(C)C(=O)OCC(F)(F)F.CC(F)(F)C1(F)OC(F)(F)C(F)(F)C(C)(F)C1(F)F. The standard InChI is InChI=1S/C8H6F10O.C8H7F7O2.C8H8F6O2.C7H6F6O2.C7H7F5O2.C7H8F4O2.C6H7F3O2/c1-3(9)5(12,13)7(16,4(2,10)11)19-8(17,18)6(3,14)15;1-4(2)5(16)17-3-6(9,10)7(11,12)8(13,14)15;1-4(2)5(15)16-3-7(10,11)6(9)8(12,13)14;1-3(2)4(14)15-5(6(8,9)10)7(11,12)13;1-4(2)5(13)14-3-6(8,9)7(10,11)12;1-4(2)5(12)13-3-7(10,11)6(8)9;1-4(2)5(10)11-3-6(7,8)9/h1-2H3;1,3H2,2H3;6H,1,3H2,2H3;5H,1H2,2H3;1,3H2,2H3;6H,1,3H2,2H3;1,3H2,2H3. The third-order valence-corrected chi connectivity index (χ3v) is 9.83. The summed E-state index contributed by atoms with van der Waals surface area (Å²) in [7, 11) is 0. The van der Waals surface area contributed by atoms with Crippen LogP contribution in [-0.2, 0) is 61.9 Å². The van der Waals surface area contributed by atoms with Crippen LogP contribution in [0.1, 0.15) is 55.4 Å². The van der Waals surface area contributed by atoms with Gasteiger partial charge in [0.2, 0.25) is 5.67 Å². The summed E-state index contributed by atoms with van der Waals surface area (Å²) in [5.74, 6) is -57.7. The van der Waals surface area contributed by atoms with E-state index in [0.717, 1.165) is 27.7 Å². The summed E-state index contributed by atoms with van der Waals surface area (Å²) in [6.45, 7) is 13.7. The van der Waals surface area contributed by atoms with E-state index in [4.69, 9.17) is 0 Å². The summed E-state index contributed by atoms with van der Waals surface area (Å²) in [6, 6.07) is 0. The first kappa shape index (κ1) is 108. The van der Waals surface area contributed by atoms with Crippen LogP contribution in [0.25, 0.3) is 0 Å². The molecule has 1 aliphatic heterocycles. The number of halogens is 41. The van der Waals surface area contributed by atoms with Gasteiger partial charge in [-0.05, 0) is 48.5 Å². The average Bonchev–Trinajstić information content (AvgIpc) is 0.681. The fourth-order valence-corrected chi connectivity index (χ4v) is 4.12. The zero-order chi connectivity index (χ0) is 86.6. The van der Waals surface area contributed by atoms with Crippen molar-refractivity contribution in [2.75, 3.05) is 33.0 Å². The third kappa shape index (κ3) is 34.2. The molecule has 3 atom stereocenters. The largest absolute Gasteiger partial charge is 0.460 e. The lowest BCUT2D eigenvalue weighted by molar-refractivity contribution is -0.537. The van der Waals surface area contributed by atoms with Gasteiger partial charge in [0.05, 0.1) is 0 Å². The second-order valence-electron chi connectivity index (χ2n) is 20.0. The van der Waals surface area contributed by atoms with Gasteiger partial charge in [0.25, 0.3) is 12.3 Å². The van der Waals surface area contributed by atoms with Crippen LogP contribution in [-0.4, -0.2) is 190 Å². The minimum Gasteiger partial charge on any atom is -0.456 e. The van der Waals surface area contributed by atoms with Gasteiger partial charge in [0.15, 0.2) is 33.0 Å². The Labute approximate surface area is 559 Å². The Kier molecular flexibility index (Phi) is 39.4. The molecule has 0 saturated carbocycles. The van der Waals surface area contributed by atoms with E-state index in [9.17, 15) is 209 Å². The van der Waals surface area contributed by atoms with E-state index in [-0.39, 0.29) is 22.3 Å². The van der Waals surface area contributed by atoms with Crippen LogP contribution in [0.2, 0.25) is 0 Å². The Balaban J connectivity index is -0.000000274. The predicted molar refractivity (Wildman–Crippen MR) is 265 cm³/mol. The van der Waals surface area contributed by atoms with Gasteiger partial charge >= 0.3 is 139 Å². The molecule has 1 aliphatic rings. The molecule has 0 radical (unpaired) electrons. The Hall–Kier alpha value is -7.65. The lowest BCUT2D eigenvalue weighted by atomic mass is 9.81. The van der Waals surface area contributed by atoms with E-state index in [1.807, 2.05) is 0 Å². The molecule has 0 aromatic heterocycles. The molecule has 1 rings (SSSR count). The van der Waals surface area contributed by atoms with E-state index in [2.05, 4.69) is 72.6 Å². The number of ether oxygens (including phenoxy) is 7. The Bertz CT molecular complexity index is 2950. The lowest BCUT2D eigenvalue weighted by Gasteiger charge is -2.51. The molecule has 1 fully saturated rings. The number of alkyl halides is 41. The molecule has 0 N–H and O–H groups in total. The topological polar surface area (TPSA) is 167 Å². The summed E-state index contributed by atoms with van der Waals surface area (Å²) in [6.07, 6.45) is -52.2. The van der Waals surface area contributed by atoms with Crippen molar-refractivity contribution in [3.05, 3.63) is 72.9 Å². The quantitative estimate of drug-likeness (QED) is 0.0489. The molecule has 0 aromatic rings. The molecule has 0 amide bonds. The van der Waals surface area contributed by atoms with Gasteiger partial charge in [-0.3, -0.25) is 4.74 Å². The van der Waals surface area contributed by atoms with Crippen LogP contribution >= 0.6 is 0 Å². The van der Waals surface area contributed by atoms with Gasteiger partial charge in [0, 0.05) is 40.4 Å². The van der Waals surface area contributed by atoms with Crippen LogP contribution < -0.4 is 0 Å². The van der Waals surface area contributed by atoms with Crippen LogP contribution in [0.3, 0.4) is 0 Å². The highest BCUT2D eigenvalue weighted by Crippen LogP contribution is 2.65. The second kappa shape index (κ2) is 38.2. The van der Waals surface area contributed by atoms with Gasteiger partial charge < -0.3 is 28.4 Å². The monoisotopic (exact) mass is 1650 g/mol. The number of rotatable bonds is 20. The fourth-order valence-electron chi connectivity index (χ4n) is 4.12. The minimum atomic E-state index is -6.44. The van der Waals surface area contributed by atoms with Crippen molar-refractivity contribution in [3.63, 3.8) is 0 Å². The van der Waals surface area contributed by atoms with Crippen molar-refractivity contribution in [3.8, 4) is 0 Å². The van der Waals surface area contributed by atoms with Crippen molar-refractivity contribution in [2.45, 2.75) is 176 Å². The first-order chi connectivity index (χ1) is 45.4. The van der Waals surface area contributed by atoms with Crippen molar-refractivity contribution in [1.82, 2.24) is 0 Å². The summed E-state index contributed by atoms with van der Waals surface area (Å²) in [5, 5.41) is 0. The Morgan fingerprint density at radius 2 is 0.638 bits per heavy atom. The fraction of sp³-hybridized carbons (Fsp3) is 0.647. The van der Waals surface area contributed by atoms with E-state index in [1.165, 1.54) is 13.8 Å². The molecule has 0 spiro atoms. The number of carbonyl (C=O) groups is 6. The average molecular weight is 1650 g/mol. The minimum absolute atomic E-state index is 0.0470. The number of carbonyl (C=O) groups excluding carboxylic acids is 6. The van der Waals surface area contributed by atoms with Crippen LogP contribution in [0.15, 0.2) is 72.9 Å². The molecule has 105 heavy (non-hydrogen) atoms. The number of hydrogen-bond acceptors (Lipinski definition) is 13. The van der Waals surface area contributed by atoms with E-state index in [0.29, 0.717) is 0 Å². The summed E-state index contributed by atoms with van der Waals surface area (Å²) < 4.78 is 522. The Morgan fingerprint density at radius 1 is 0.371 bits per heavy atom. The van der Waals surface area contributed by atoms with Crippen molar-refractivity contribution < 1.29 is 242 Å². The highest BCUT2D eigenvalue weighted by Gasteiger charge is 2.93. The Morgan fingerprint density at radius 3 is 0.867 bits per heavy atom. The smallest absolute Gasteiger partial charge is 0.456 e. The van der Waals surface area contributed by atoms with Gasteiger partial charge in [-0.2, -0.15) is 154 Å². The van der Waals surface area contributed by atoms with Gasteiger partial charge in [0.1, 0.15) is 0 Å². The highest BCUT2D eigenvalue weighted by atomic mass is 19.5. The molecule has 0 bridgehead atoms. The molecular weight excluding hydrogens is 1600 g/mol. The third-order valence-electron chi connectivity index (χ3n) is 9.83. The summed E-state index contributed by atoms with van der Waals surface area (Å²) in [5.41, 5.74) is -7.25. The molecule has 1 heterocycles. The molecule has 1 saturated heterocycles. The first-order valence-corrected chi connectivity index (χ1v) is 25.2. The second-order valence-corrected chi connectivity index (χ2v) is 20.0. The first-order valence-electron chi connectivity index (χ1n) is 25.2. The van der Waals surface area contributed by atoms with E-state index >= 15 is 0 Å². The zero-order valence-corrected chi connectivity index (χ0v) is 52.8. The predicted octanol–water partition coefficient (Wildman–Crippen LogP) is 18.1. The zero-order valence-electron chi connectivity index (χ0n) is 52.8. The van der Waals surface area contributed by atoms with Gasteiger partial charge in [-0.25, -0.2) is 55.1 Å². The molecule has 0 aromatic carbocycles. The maximum atomic E-state index is 13.4. The van der Waals surface area contributed by atoms with E-state index in [1.54, 1.807) is 0 Å². The normalized spacial score (nSPS) is 17.9. The van der Waals surface area contributed by atoms with Crippen molar-refractivity contribution >= 4 is 35.8 Å². The lowest BCUT2D eigenvalue weighted by Crippen LogP contribution is -2.79. The number of hydrogen-bond donors (Lipinski definition) is 0.